The van der Waals surface area contributed by atoms with E-state index in [2.05, 4.69) is 21.6 Å². The third-order valence-electron chi connectivity index (χ3n) is 3.65. The summed E-state index contributed by atoms with van der Waals surface area (Å²) < 4.78 is 0. The largest absolute Gasteiger partial charge is 0.338 e. The fourth-order valence-electron chi connectivity index (χ4n) is 2.54. The van der Waals surface area contributed by atoms with Gasteiger partial charge in [-0.05, 0) is 30.5 Å². The second-order valence-corrected chi connectivity index (χ2v) is 6.34. The molecule has 0 spiro atoms. The zero-order valence-corrected chi connectivity index (χ0v) is 14.8. The van der Waals surface area contributed by atoms with Crippen LogP contribution in [-0.4, -0.2) is 29.9 Å². The number of amides is 3. The summed E-state index contributed by atoms with van der Waals surface area (Å²) >= 11 is 1.66. The molecule has 0 unspecified atom stereocenters. The van der Waals surface area contributed by atoms with Crippen LogP contribution in [0.2, 0.25) is 0 Å². The Labute approximate surface area is 146 Å². The molecule has 1 heterocycles. The van der Waals surface area contributed by atoms with Crippen molar-refractivity contribution in [1.29, 1.82) is 0 Å². The van der Waals surface area contributed by atoms with Gasteiger partial charge in [-0.1, -0.05) is 43.3 Å². The molecule has 0 fully saturated rings. The number of benzene rings is 1. The molecule has 0 aliphatic rings. The van der Waals surface area contributed by atoms with Crippen molar-refractivity contribution in [2.24, 2.45) is 0 Å². The standard InChI is InChI=1S/C18H23N3O2S/c1-3-19-18(23)20-17(22)16(14-9-6-5-7-10-14)21(4-2)13-15-11-8-12-24-15/h5-12,16H,3-4,13H2,1-2H3,(H2,19,20,22,23)/t16-/m1/s1. The first-order valence-corrected chi connectivity index (χ1v) is 8.93. The molecule has 0 saturated carbocycles. The summed E-state index contributed by atoms with van der Waals surface area (Å²) in [5.41, 5.74) is 0.873. The number of hydrogen-bond acceptors (Lipinski definition) is 4. The summed E-state index contributed by atoms with van der Waals surface area (Å²) in [6, 6.07) is 12.6. The van der Waals surface area contributed by atoms with Crippen LogP contribution in [0, 0.1) is 0 Å². The van der Waals surface area contributed by atoms with Crippen molar-refractivity contribution in [2.45, 2.75) is 26.4 Å². The van der Waals surface area contributed by atoms with Gasteiger partial charge < -0.3 is 5.32 Å². The van der Waals surface area contributed by atoms with E-state index < -0.39 is 12.1 Å². The second kappa shape index (κ2) is 9.20. The monoisotopic (exact) mass is 345 g/mol. The van der Waals surface area contributed by atoms with Gasteiger partial charge in [-0.2, -0.15) is 0 Å². The Hall–Kier alpha value is -2.18. The lowest BCUT2D eigenvalue weighted by molar-refractivity contribution is -0.125. The molecule has 3 amide bonds. The maximum atomic E-state index is 12.7. The van der Waals surface area contributed by atoms with Crippen molar-refractivity contribution < 1.29 is 9.59 Å². The highest BCUT2D eigenvalue weighted by Gasteiger charge is 2.28. The molecule has 2 aromatic rings. The lowest BCUT2D eigenvalue weighted by atomic mass is 10.0. The van der Waals surface area contributed by atoms with Gasteiger partial charge in [0.25, 0.3) is 0 Å². The van der Waals surface area contributed by atoms with Gasteiger partial charge >= 0.3 is 6.03 Å². The second-order valence-electron chi connectivity index (χ2n) is 5.30. The maximum absolute atomic E-state index is 12.7. The van der Waals surface area contributed by atoms with Gasteiger partial charge in [0.15, 0.2) is 0 Å². The zero-order valence-electron chi connectivity index (χ0n) is 14.0. The number of thiophene rings is 1. The molecule has 2 rings (SSSR count). The molecular weight excluding hydrogens is 322 g/mol. The van der Waals surface area contributed by atoms with Crippen molar-refractivity contribution in [3.05, 3.63) is 58.3 Å². The average Bonchev–Trinajstić information content (AvgIpc) is 3.08. The Morgan fingerprint density at radius 2 is 1.88 bits per heavy atom. The molecule has 2 N–H and O–H groups in total. The van der Waals surface area contributed by atoms with E-state index in [1.54, 1.807) is 11.3 Å². The molecule has 1 aromatic carbocycles. The quantitative estimate of drug-likeness (QED) is 0.810. The SMILES string of the molecule is CCNC(=O)NC(=O)[C@@H](c1ccccc1)N(CC)Cc1cccs1. The topological polar surface area (TPSA) is 61.4 Å². The summed E-state index contributed by atoms with van der Waals surface area (Å²) in [5.74, 6) is -0.314. The number of urea groups is 1. The first-order chi connectivity index (χ1) is 11.7. The number of carbonyl (C=O) groups is 2. The van der Waals surface area contributed by atoms with Gasteiger partial charge in [-0.15, -0.1) is 11.3 Å². The molecule has 0 saturated heterocycles. The number of imide groups is 1. The molecule has 1 aromatic heterocycles. The van der Waals surface area contributed by atoms with Crippen molar-refractivity contribution in [2.75, 3.05) is 13.1 Å². The zero-order chi connectivity index (χ0) is 17.4. The number of rotatable bonds is 7. The van der Waals surface area contributed by atoms with E-state index >= 15 is 0 Å². The molecule has 0 radical (unpaired) electrons. The van der Waals surface area contributed by atoms with E-state index in [0.29, 0.717) is 19.6 Å². The van der Waals surface area contributed by atoms with Crippen LogP contribution in [0.5, 0.6) is 0 Å². The van der Waals surface area contributed by atoms with Crippen molar-refractivity contribution in [1.82, 2.24) is 15.5 Å². The van der Waals surface area contributed by atoms with Crippen molar-refractivity contribution in [3.8, 4) is 0 Å². The summed E-state index contributed by atoms with van der Waals surface area (Å²) in [6.07, 6.45) is 0. The first kappa shape index (κ1) is 18.2. The van der Waals surface area contributed by atoms with Gasteiger partial charge in [0.05, 0.1) is 0 Å². The Kier molecular flexibility index (Phi) is 6.96. The van der Waals surface area contributed by atoms with E-state index in [1.165, 1.54) is 4.88 Å². The third-order valence-corrected chi connectivity index (χ3v) is 4.51. The third kappa shape index (κ3) is 4.91. The summed E-state index contributed by atoms with van der Waals surface area (Å²) in [7, 11) is 0. The molecule has 1 atom stereocenters. The fourth-order valence-corrected chi connectivity index (χ4v) is 3.27. The number of nitrogens with zero attached hydrogens (tertiary/aromatic N) is 1. The first-order valence-electron chi connectivity index (χ1n) is 8.05. The molecule has 128 valence electrons. The van der Waals surface area contributed by atoms with E-state index in [-0.39, 0.29) is 5.91 Å². The van der Waals surface area contributed by atoms with E-state index in [9.17, 15) is 9.59 Å². The van der Waals surface area contributed by atoms with Crippen LogP contribution in [0.25, 0.3) is 0 Å². The van der Waals surface area contributed by atoms with Gasteiger partial charge in [-0.25, -0.2) is 4.79 Å². The number of hydrogen-bond donors (Lipinski definition) is 2. The van der Waals surface area contributed by atoms with Crippen LogP contribution >= 0.6 is 11.3 Å². The Bertz CT molecular complexity index is 644. The van der Waals surface area contributed by atoms with E-state index in [0.717, 1.165) is 5.56 Å². The lowest BCUT2D eigenvalue weighted by Crippen LogP contribution is -2.46. The van der Waals surface area contributed by atoms with Crippen molar-refractivity contribution >= 4 is 23.3 Å². The van der Waals surface area contributed by atoms with Crippen LogP contribution in [-0.2, 0) is 11.3 Å². The van der Waals surface area contributed by atoms with Gasteiger partial charge in [0, 0.05) is 18.0 Å². The normalized spacial score (nSPS) is 12.0. The predicted octanol–water partition coefficient (Wildman–Crippen LogP) is 3.16. The fraction of sp³-hybridized carbons (Fsp3) is 0.333. The van der Waals surface area contributed by atoms with Crippen molar-refractivity contribution in [3.63, 3.8) is 0 Å². The Morgan fingerprint density at radius 3 is 2.46 bits per heavy atom. The molecule has 0 bridgehead atoms. The molecule has 6 heteroatoms. The number of nitrogens with one attached hydrogen (secondary N) is 2. The molecule has 0 aliphatic carbocycles. The lowest BCUT2D eigenvalue weighted by Gasteiger charge is -2.29. The summed E-state index contributed by atoms with van der Waals surface area (Å²) in [6.45, 7) is 5.66. The van der Waals surface area contributed by atoms with Crippen LogP contribution in [0.1, 0.15) is 30.3 Å². The van der Waals surface area contributed by atoms with Gasteiger partial charge in [0.2, 0.25) is 5.91 Å². The van der Waals surface area contributed by atoms with Crippen LogP contribution < -0.4 is 10.6 Å². The molecule has 5 nitrogen and oxygen atoms in total. The highest BCUT2D eigenvalue weighted by atomic mass is 32.1. The molecule has 0 aliphatic heterocycles. The average molecular weight is 345 g/mol. The summed E-state index contributed by atoms with van der Waals surface area (Å²) in [5, 5.41) is 7.07. The minimum absolute atomic E-state index is 0.314. The van der Waals surface area contributed by atoms with Crippen LogP contribution in [0.3, 0.4) is 0 Å². The molecule has 24 heavy (non-hydrogen) atoms. The van der Waals surface area contributed by atoms with Crippen LogP contribution in [0.15, 0.2) is 47.8 Å². The highest BCUT2D eigenvalue weighted by molar-refractivity contribution is 7.09. The maximum Gasteiger partial charge on any atom is 0.321 e. The minimum atomic E-state index is -0.513. The predicted molar refractivity (Wildman–Crippen MR) is 96.8 cm³/mol. The highest BCUT2D eigenvalue weighted by Crippen LogP contribution is 2.24. The van der Waals surface area contributed by atoms with E-state index in [4.69, 9.17) is 0 Å². The Morgan fingerprint density at radius 1 is 1.12 bits per heavy atom. The van der Waals surface area contributed by atoms with Gasteiger partial charge in [-0.3, -0.25) is 15.0 Å². The molecular formula is C18H23N3O2S. The smallest absolute Gasteiger partial charge is 0.321 e. The number of likely N-dealkylation sites (N-methyl/N-ethyl adjacent to an activating group) is 1. The summed E-state index contributed by atoms with van der Waals surface area (Å²) in [4.78, 5) is 27.8. The van der Waals surface area contributed by atoms with Gasteiger partial charge in [0.1, 0.15) is 6.04 Å². The van der Waals surface area contributed by atoms with E-state index in [1.807, 2.05) is 55.6 Å². The van der Waals surface area contributed by atoms with Crippen LogP contribution in [0.4, 0.5) is 4.79 Å². The number of carbonyl (C=O) groups excluding carboxylic acids is 2. The minimum Gasteiger partial charge on any atom is -0.338 e. The Balaban J connectivity index is 2.24.